The van der Waals surface area contributed by atoms with Gasteiger partial charge < -0.3 is 15.4 Å². The van der Waals surface area contributed by atoms with E-state index >= 15 is 0 Å². The molecule has 0 spiro atoms. The van der Waals surface area contributed by atoms with Crippen LogP contribution in [-0.4, -0.2) is 18.6 Å². The van der Waals surface area contributed by atoms with Crippen LogP contribution in [0, 0.1) is 6.92 Å². The largest absolute Gasteiger partial charge is 0.494 e. The molecule has 0 aliphatic heterocycles. The highest BCUT2D eigenvalue weighted by molar-refractivity contribution is 5.84. The summed E-state index contributed by atoms with van der Waals surface area (Å²) in [5.41, 5.74) is 3.19. The Morgan fingerprint density at radius 3 is 2.71 bits per heavy atom. The van der Waals surface area contributed by atoms with E-state index in [0.717, 1.165) is 23.4 Å². The van der Waals surface area contributed by atoms with Gasteiger partial charge in [-0.15, -0.1) is 0 Å². The van der Waals surface area contributed by atoms with Gasteiger partial charge in [0.05, 0.1) is 6.61 Å². The van der Waals surface area contributed by atoms with Gasteiger partial charge >= 0.3 is 0 Å². The molecule has 0 fully saturated rings. The second-order valence-corrected chi connectivity index (χ2v) is 5.89. The summed E-state index contributed by atoms with van der Waals surface area (Å²) in [5, 5.41) is 6.19. The number of carbonyl (C=O) groups excluding carboxylic acids is 1. The normalized spacial score (nSPS) is 11.6. The molecule has 0 aliphatic rings. The molecule has 4 nitrogen and oxygen atoms in total. The first-order valence-corrected chi connectivity index (χ1v) is 8.41. The fourth-order valence-corrected chi connectivity index (χ4v) is 2.35. The van der Waals surface area contributed by atoms with Gasteiger partial charge in [0.1, 0.15) is 11.8 Å². The van der Waals surface area contributed by atoms with Crippen LogP contribution in [-0.2, 0) is 11.3 Å². The highest BCUT2D eigenvalue weighted by Gasteiger charge is 2.12. The van der Waals surface area contributed by atoms with Gasteiger partial charge in [-0.3, -0.25) is 4.79 Å². The molecule has 1 atom stereocenters. The fourth-order valence-electron chi connectivity index (χ4n) is 2.35. The third-order valence-corrected chi connectivity index (χ3v) is 3.80. The van der Waals surface area contributed by atoms with Crippen LogP contribution in [0.1, 0.15) is 31.4 Å². The zero-order chi connectivity index (χ0) is 17.4. The molecule has 0 saturated heterocycles. The van der Waals surface area contributed by atoms with Crippen molar-refractivity contribution in [2.24, 2.45) is 0 Å². The molecule has 1 unspecified atom stereocenters. The van der Waals surface area contributed by atoms with Crippen LogP contribution >= 0.6 is 0 Å². The number of hydrogen-bond donors (Lipinski definition) is 2. The Morgan fingerprint density at radius 1 is 1.17 bits per heavy atom. The molecule has 128 valence electrons. The number of amides is 1. The minimum atomic E-state index is -0.324. The van der Waals surface area contributed by atoms with Crippen molar-refractivity contribution in [1.82, 2.24) is 5.32 Å². The highest BCUT2D eigenvalue weighted by Crippen LogP contribution is 2.18. The maximum absolute atomic E-state index is 12.3. The molecule has 0 aromatic heterocycles. The summed E-state index contributed by atoms with van der Waals surface area (Å²) >= 11 is 0. The maximum atomic E-state index is 12.3. The molecule has 2 aromatic carbocycles. The molecule has 0 aliphatic carbocycles. The Morgan fingerprint density at radius 2 is 1.96 bits per heavy atom. The van der Waals surface area contributed by atoms with Gasteiger partial charge in [-0.25, -0.2) is 0 Å². The summed E-state index contributed by atoms with van der Waals surface area (Å²) < 4.78 is 5.62. The number of nitrogens with one attached hydrogen (secondary N) is 2. The molecule has 0 radical (unpaired) electrons. The van der Waals surface area contributed by atoms with E-state index in [2.05, 4.69) is 17.6 Å². The number of aryl methyl sites for hydroxylation is 1. The second-order valence-electron chi connectivity index (χ2n) is 5.89. The smallest absolute Gasteiger partial charge is 0.242 e. The van der Waals surface area contributed by atoms with Crippen molar-refractivity contribution in [1.29, 1.82) is 0 Å². The topological polar surface area (TPSA) is 50.4 Å². The number of carbonyl (C=O) groups is 1. The average Bonchev–Trinajstić information content (AvgIpc) is 2.59. The predicted octanol–water partition coefficient (Wildman–Crippen LogP) is 3.90. The Kier molecular flexibility index (Phi) is 6.67. The van der Waals surface area contributed by atoms with E-state index in [0.29, 0.717) is 13.2 Å². The lowest BCUT2D eigenvalue weighted by Gasteiger charge is -2.16. The lowest BCUT2D eigenvalue weighted by atomic mass is 10.1. The standard InChI is InChI=1S/C20H26N2O2/c1-4-12-24-19-11-7-10-18(13-19)22-16(3)20(23)21-14-17-9-6-5-8-15(17)2/h5-11,13,16,22H,4,12,14H2,1-3H3,(H,21,23). The lowest BCUT2D eigenvalue weighted by Crippen LogP contribution is -2.37. The summed E-state index contributed by atoms with van der Waals surface area (Å²) in [5.74, 6) is 0.785. The Bertz CT molecular complexity index is 670. The van der Waals surface area contributed by atoms with E-state index in [-0.39, 0.29) is 11.9 Å². The van der Waals surface area contributed by atoms with Crippen LogP contribution in [0.5, 0.6) is 5.75 Å². The van der Waals surface area contributed by atoms with Crippen LogP contribution in [0.3, 0.4) is 0 Å². The van der Waals surface area contributed by atoms with Crippen molar-refractivity contribution >= 4 is 11.6 Å². The van der Waals surface area contributed by atoms with Crippen molar-refractivity contribution in [2.45, 2.75) is 39.8 Å². The number of hydrogen-bond acceptors (Lipinski definition) is 3. The van der Waals surface area contributed by atoms with Gasteiger partial charge in [0.2, 0.25) is 5.91 Å². The van der Waals surface area contributed by atoms with Crippen LogP contribution in [0.2, 0.25) is 0 Å². The van der Waals surface area contributed by atoms with Crippen LogP contribution < -0.4 is 15.4 Å². The molecule has 4 heteroatoms. The number of ether oxygens (including phenoxy) is 1. The monoisotopic (exact) mass is 326 g/mol. The Hall–Kier alpha value is -2.49. The van der Waals surface area contributed by atoms with Crippen molar-refractivity contribution < 1.29 is 9.53 Å². The van der Waals surface area contributed by atoms with Crippen LogP contribution in [0.15, 0.2) is 48.5 Å². The van der Waals surface area contributed by atoms with Crippen molar-refractivity contribution in [3.8, 4) is 5.75 Å². The molecular formula is C20H26N2O2. The zero-order valence-corrected chi connectivity index (χ0v) is 14.6. The number of rotatable bonds is 8. The maximum Gasteiger partial charge on any atom is 0.242 e. The Labute approximate surface area is 144 Å². The van der Waals surface area contributed by atoms with Gasteiger partial charge in [0.25, 0.3) is 0 Å². The highest BCUT2D eigenvalue weighted by atomic mass is 16.5. The van der Waals surface area contributed by atoms with E-state index < -0.39 is 0 Å². The van der Waals surface area contributed by atoms with E-state index in [1.54, 1.807) is 0 Å². The van der Waals surface area contributed by atoms with Gasteiger partial charge in [-0.1, -0.05) is 37.3 Å². The predicted molar refractivity (Wildman–Crippen MR) is 98.3 cm³/mol. The molecule has 1 amide bonds. The van der Waals surface area contributed by atoms with Gasteiger partial charge in [0.15, 0.2) is 0 Å². The zero-order valence-electron chi connectivity index (χ0n) is 14.6. The molecule has 2 rings (SSSR count). The van der Waals surface area contributed by atoms with Gasteiger partial charge in [0, 0.05) is 18.3 Å². The first-order valence-electron chi connectivity index (χ1n) is 8.41. The van der Waals surface area contributed by atoms with Crippen molar-refractivity contribution in [3.05, 3.63) is 59.7 Å². The molecular weight excluding hydrogens is 300 g/mol. The SMILES string of the molecule is CCCOc1cccc(NC(C)C(=O)NCc2ccccc2C)c1. The summed E-state index contributed by atoms with van der Waals surface area (Å²) in [4.78, 5) is 12.3. The quantitative estimate of drug-likeness (QED) is 0.773. The number of anilines is 1. The Balaban J connectivity index is 1.88. The first-order chi connectivity index (χ1) is 11.6. The minimum Gasteiger partial charge on any atom is -0.494 e. The summed E-state index contributed by atoms with van der Waals surface area (Å²) in [6.45, 7) is 7.20. The third-order valence-electron chi connectivity index (χ3n) is 3.80. The van der Waals surface area contributed by atoms with Crippen molar-refractivity contribution in [3.63, 3.8) is 0 Å². The van der Waals surface area contributed by atoms with E-state index in [1.807, 2.05) is 62.4 Å². The summed E-state index contributed by atoms with van der Waals surface area (Å²) in [7, 11) is 0. The second kappa shape index (κ2) is 8.96. The minimum absolute atomic E-state index is 0.0295. The van der Waals surface area contributed by atoms with Crippen LogP contribution in [0.4, 0.5) is 5.69 Å². The van der Waals surface area contributed by atoms with E-state index in [9.17, 15) is 4.79 Å². The summed E-state index contributed by atoms with van der Waals surface area (Å²) in [6.07, 6.45) is 0.968. The molecule has 24 heavy (non-hydrogen) atoms. The molecule has 0 bridgehead atoms. The molecule has 2 N–H and O–H groups in total. The molecule has 2 aromatic rings. The van der Waals surface area contributed by atoms with Crippen LogP contribution in [0.25, 0.3) is 0 Å². The summed E-state index contributed by atoms with van der Waals surface area (Å²) in [6, 6.07) is 15.4. The average molecular weight is 326 g/mol. The van der Waals surface area contributed by atoms with Crippen molar-refractivity contribution in [2.75, 3.05) is 11.9 Å². The van der Waals surface area contributed by atoms with Gasteiger partial charge in [-0.05, 0) is 43.5 Å². The molecule has 0 heterocycles. The van der Waals surface area contributed by atoms with E-state index in [1.165, 1.54) is 5.56 Å². The third kappa shape index (κ3) is 5.30. The van der Waals surface area contributed by atoms with Gasteiger partial charge in [-0.2, -0.15) is 0 Å². The van der Waals surface area contributed by atoms with E-state index in [4.69, 9.17) is 4.74 Å². The fraction of sp³-hybridized carbons (Fsp3) is 0.350. The molecule has 0 saturated carbocycles. The first kappa shape index (κ1) is 17.9. The number of benzene rings is 2. The lowest BCUT2D eigenvalue weighted by molar-refractivity contribution is -0.121.